The van der Waals surface area contributed by atoms with Gasteiger partial charge in [-0.05, 0) is 41.8 Å². The van der Waals surface area contributed by atoms with E-state index >= 15 is 0 Å². The van der Waals surface area contributed by atoms with Gasteiger partial charge in [0.05, 0.1) is 12.6 Å². The van der Waals surface area contributed by atoms with E-state index in [0.717, 1.165) is 40.0 Å². The maximum atomic E-state index is 12.3. The van der Waals surface area contributed by atoms with Crippen LogP contribution in [0.5, 0.6) is 5.75 Å². The summed E-state index contributed by atoms with van der Waals surface area (Å²) in [7, 11) is 1.64. The van der Waals surface area contributed by atoms with Crippen LogP contribution in [0.2, 0.25) is 0 Å². The smallest absolute Gasteiger partial charge is 0.262 e. The molecule has 0 saturated heterocycles. The van der Waals surface area contributed by atoms with Gasteiger partial charge in [0.15, 0.2) is 5.82 Å². The van der Waals surface area contributed by atoms with E-state index < -0.39 is 0 Å². The lowest BCUT2D eigenvalue weighted by atomic mass is 10.1. The summed E-state index contributed by atoms with van der Waals surface area (Å²) < 4.78 is 5.27. The van der Waals surface area contributed by atoms with Gasteiger partial charge in [0.2, 0.25) is 0 Å². The van der Waals surface area contributed by atoms with Gasteiger partial charge in [0, 0.05) is 24.1 Å². The molecule has 0 spiro atoms. The van der Waals surface area contributed by atoms with E-state index in [2.05, 4.69) is 11.5 Å². The predicted octanol–water partition coefficient (Wildman–Crippen LogP) is 3.35. The van der Waals surface area contributed by atoms with Crippen molar-refractivity contribution in [2.24, 2.45) is 0 Å². The van der Waals surface area contributed by atoms with Crippen LogP contribution < -0.4 is 15.2 Å². The van der Waals surface area contributed by atoms with Gasteiger partial charge >= 0.3 is 0 Å². The fourth-order valence-corrected chi connectivity index (χ4v) is 3.08. The lowest BCUT2D eigenvalue weighted by molar-refractivity contribution is -0.116. The number of amides is 1. The van der Waals surface area contributed by atoms with E-state index in [0.29, 0.717) is 6.54 Å². The third kappa shape index (κ3) is 3.24. The van der Waals surface area contributed by atoms with E-state index in [9.17, 15) is 4.79 Å². The number of nitrogens with one attached hydrogen (secondary N) is 1. The molecule has 1 amide bonds. The molecule has 5 nitrogen and oxygen atoms in total. The second kappa shape index (κ2) is 6.88. The molecule has 2 aromatic carbocycles. The number of benzene rings is 2. The number of hydrogen-bond acceptors (Lipinski definition) is 4. The van der Waals surface area contributed by atoms with Gasteiger partial charge in [0.1, 0.15) is 5.75 Å². The van der Waals surface area contributed by atoms with Gasteiger partial charge in [-0.1, -0.05) is 30.3 Å². The Hall–Kier alpha value is -3.34. The number of rotatable bonds is 4. The largest absolute Gasteiger partial charge is 0.497 e. The number of carbonyl (C=O) groups excluding carboxylic acids is 1. The van der Waals surface area contributed by atoms with Crippen molar-refractivity contribution in [3.05, 3.63) is 71.8 Å². The molecule has 0 unspecified atom stereocenters. The number of nitrogens with zero attached hydrogens (tertiary/aromatic N) is 2. The molecule has 0 atom stereocenters. The number of hydrogen-bond donors (Lipinski definition) is 1. The third-order valence-electron chi connectivity index (χ3n) is 4.41. The number of carbonyl (C=O) groups is 1. The van der Waals surface area contributed by atoms with E-state index in [1.54, 1.807) is 13.2 Å². The molecule has 0 bridgehead atoms. The Labute approximate surface area is 151 Å². The van der Waals surface area contributed by atoms with Crippen molar-refractivity contribution in [1.29, 1.82) is 0 Å². The molecular weight excluding hydrogens is 326 g/mol. The third-order valence-corrected chi connectivity index (χ3v) is 4.41. The molecule has 2 heterocycles. The molecule has 4 rings (SSSR count). The van der Waals surface area contributed by atoms with Crippen molar-refractivity contribution in [2.45, 2.75) is 6.42 Å². The van der Waals surface area contributed by atoms with Crippen molar-refractivity contribution < 1.29 is 9.53 Å². The van der Waals surface area contributed by atoms with E-state index in [1.807, 2.05) is 53.5 Å². The first-order valence-electron chi connectivity index (χ1n) is 8.52. The molecule has 5 heteroatoms. The Bertz CT molecular complexity index is 983. The van der Waals surface area contributed by atoms with Gasteiger partial charge in [-0.2, -0.15) is 0 Å². The van der Waals surface area contributed by atoms with Gasteiger partial charge in [-0.3, -0.25) is 15.2 Å². The van der Waals surface area contributed by atoms with Crippen LogP contribution in [0.4, 0.5) is 5.82 Å². The standard InChI is InChI=1S/C21H19N3O2/c1-26-18-9-8-16-13-17-11-12-24(21(17)22-19(16)14-18)23-20(25)10-7-15-5-3-2-4-6-15/h2-10,13-14H,11-12H2,1H3,(H,23,25). The molecule has 0 fully saturated rings. The van der Waals surface area contributed by atoms with Crippen LogP contribution in [-0.2, 0) is 11.2 Å². The van der Waals surface area contributed by atoms with E-state index in [4.69, 9.17) is 9.72 Å². The lowest BCUT2D eigenvalue weighted by Gasteiger charge is -2.18. The highest BCUT2D eigenvalue weighted by molar-refractivity contribution is 5.93. The summed E-state index contributed by atoms with van der Waals surface area (Å²) in [6, 6.07) is 17.7. The summed E-state index contributed by atoms with van der Waals surface area (Å²) in [5.41, 5.74) is 5.88. The summed E-state index contributed by atoms with van der Waals surface area (Å²) >= 11 is 0. The Morgan fingerprint density at radius 1 is 1.19 bits per heavy atom. The Morgan fingerprint density at radius 2 is 2.04 bits per heavy atom. The summed E-state index contributed by atoms with van der Waals surface area (Å²) in [6.45, 7) is 0.709. The van der Waals surface area contributed by atoms with Crippen LogP contribution in [0.15, 0.2) is 60.7 Å². The zero-order valence-electron chi connectivity index (χ0n) is 14.5. The zero-order chi connectivity index (χ0) is 17.9. The number of aromatic nitrogens is 1. The van der Waals surface area contributed by atoms with Crippen LogP contribution in [0.1, 0.15) is 11.1 Å². The fraction of sp³-hybridized carbons (Fsp3) is 0.143. The number of anilines is 1. The van der Waals surface area contributed by atoms with Crippen molar-refractivity contribution in [3.63, 3.8) is 0 Å². The minimum atomic E-state index is -0.172. The normalized spacial score (nSPS) is 13.2. The summed E-state index contributed by atoms with van der Waals surface area (Å²) in [4.78, 5) is 17.0. The molecule has 3 aromatic rings. The number of hydrazine groups is 1. The SMILES string of the molecule is COc1ccc2cc3c(nc2c1)N(NC(=O)C=Cc1ccccc1)CC3. The zero-order valence-corrected chi connectivity index (χ0v) is 14.5. The highest BCUT2D eigenvalue weighted by Gasteiger charge is 2.22. The molecule has 1 aliphatic rings. The highest BCUT2D eigenvalue weighted by atomic mass is 16.5. The van der Waals surface area contributed by atoms with Crippen molar-refractivity contribution in [3.8, 4) is 5.75 Å². The van der Waals surface area contributed by atoms with Crippen LogP contribution >= 0.6 is 0 Å². The molecule has 130 valence electrons. The van der Waals surface area contributed by atoms with Crippen molar-refractivity contribution >= 4 is 28.7 Å². The van der Waals surface area contributed by atoms with Gasteiger partial charge in [-0.15, -0.1) is 0 Å². The van der Waals surface area contributed by atoms with Crippen LogP contribution in [0.25, 0.3) is 17.0 Å². The molecule has 0 saturated carbocycles. The number of methoxy groups -OCH3 is 1. The molecule has 1 N–H and O–H groups in total. The molecular formula is C21H19N3O2. The minimum Gasteiger partial charge on any atom is -0.497 e. The number of pyridine rings is 1. The fourth-order valence-electron chi connectivity index (χ4n) is 3.08. The minimum absolute atomic E-state index is 0.172. The average molecular weight is 345 g/mol. The first-order valence-corrected chi connectivity index (χ1v) is 8.52. The molecule has 26 heavy (non-hydrogen) atoms. The van der Waals surface area contributed by atoms with Crippen LogP contribution in [0.3, 0.4) is 0 Å². The van der Waals surface area contributed by atoms with Crippen LogP contribution in [0, 0.1) is 0 Å². The predicted molar refractivity (Wildman–Crippen MR) is 103 cm³/mol. The average Bonchev–Trinajstić information content (AvgIpc) is 3.06. The second-order valence-electron chi connectivity index (χ2n) is 6.15. The molecule has 1 aliphatic heterocycles. The van der Waals surface area contributed by atoms with E-state index in [-0.39, 0.29) is 5.91 Å². The second-order valence-corrected chi connectivity index (χ2v) is 6.15. The number of fused-ring (bicyclic) bond motifs is 2. The highest BCUT2D eigenvalue weighted by Crippen LogP contribution is 2.29. The van der Waals surface area contributed by atoms with Gasteiger partial charge < -0.3 is 4.74 Å². The monoisotopic (exact) mass is 345 g/mol. The van der Waals surface area contributed by atoms with E-state index in [1.165, 1.54) is 6.08 Å². The Balaban J connectivity index is 1.54. The topological polar surface area (TPSA) is 54.5 Å². The first kappa shape index (κ1) is 16.1. The van der Waals surface area contributed by atoms with Crippen LogP contribution in [-0.4, -0.2) is 24.5 Å². The summed E-state index contributed by atoms with van der Waals surface area (Å²) in [6.07, 6.45) is 4.19. The lowest BCUT2D eigenvalue weighted by Crippen LogP contribution is -2.40. The Morgan fingerprint density at radius 3 is 2.85 bits per heavy atom. The summed E-state index contributed by atoms with van der Waals surface area (Å²) in [5, 5.41) is 2.88. The van der Waals surface area contributed by atoms with Gasteiger partial charge in [0.25, 0.3) is 5.91 Å². The first-order chi connectivity index (χ1) is 12.7. The van der Waals surface area contributed by atoms with Gasteiger partial charge in [-0.25, -0.2) is 4.98 Å². The molecule has 1 aromatic heterocycles. The Kier molecular flexibility index (Phi) is 4.27. The molecule has 0 radical (unpaired) electrons. The van der Waals surface area contributed by atoms with Crippen molar-refractivity contribution in [1.82, 2.24) is 10.4 Å². The maximum absolute atomic E-state index is 12.3. The maximum Gasteiger partial charge on any atom is 0.262 e. The van der Waals surface area contributed by atoms with Crippen molar-refractivity contribution in [2.75, 3.05) is 18.7 Å². The quantitative estimate of drug-likeness (QED) is 0.737. The molecule has 0 aliphatic carbocycles. The summed E-state index contributed by atoms with van der Waals surface area (Å²) in [5.74, 6) is 1.39. The number of ether oxygens (including phenoxy) is 1.